The van der Waals surface area contributed by atoms with Gasteiger partial charge in [0.1, 0.15) is 0 Å². The molecule has 1 aromatic rings. The van der Waals surface area contributed by atoms with Crippen molar-refractivity contribution in [3.63, 3.8) is 0 Å². The average Bonchev–Trinajstić information content (AvgIpc) is 2.79. The Kier molecular flexibility index (Phi) is 5.21. The highest BCUT2D eigenvalue weighted by molar-refractivity contribution is 6.52. The lowest BCUT2D eigenvalue weighted by Gasteiger charge is -2.27. The summed E-state index contributed by atoms with van der Waals surface area (Å²) in [7, 11) is 0. The third-order valence-corrected chi connectivity index (χ3v) is 4.36. The largest absolute Gasteiger partial charge is 0.379 e. The number of nitrogens with zero attached hydrogens (tertiary/aromatic N) is 1. The molecule has 2 aliphatic rings. The number of aryl methyl sites for hydroxylation is 1. The van der Waals surface area contributed by atoms with E-state index in [1.165, 1.54) is 0 Å². The Labute approximate surface area is 136 Å². The molecule has 0 radical (unpaired) electrons. The number of nitrogens with one attached hydrogen (secondary N) is 1. The topological polar surface area (TPSA) is 58.6 Å². The van der Waals surface area contributed by atoms with Gasteiger partial charge in [-0.1, -0.05) is 6.07 Å². The lowest BCUT2D eigenvalue weighted by molar-refractivity contribution is -0.112. The Morgan fingerprint density at radius 3 is 2.59 bits per heavy atom. The Hall–Kier alpha value is -1.43. The summed E-state index contributed by atoms with van der Waals surface area (Å²) in [6.07, 6.45) is 0.890. The van der Waals surface area contributed by atoms with E-state index in [9.17, 15) is 9.59 Å². The van der Waals surface area contributed by atoms with E-state index in [1.807, 2.05) is 13.8 Å². The van der Waals surface area contributed by atoms with Crippen molar-refractivity contribution in [2.24, 2.45) is 0 Å². The highest BCUT2D eigenvalue weighted by Crippen LogP contribution is 2.32. The van der Waals surface area contributed by atoms with Crippen LogP contribution in [0.25, 0.3) is 0 Å². The molecule has 0 spiro atoms. The number of anilines is 1. The molecule has 6 heteroatoms. The molecule has 1 N–H and O–H groups in total. The zero-order valence-corrected chi connectivity index (χ0v) is 13.7. The predicted molar refractivity (Wildman–Crippen MR) is 87.1 cm³/mol. The number of morpholine rings is 1. The fraction of sp³-hybridized carbons (Fsp3) is 0.500. The summed E-state index contributed by atoms with van der Waals surface area (Å²) < 4.78 is 5.35. The number of hydrogen-bond acceptors (Lipinski definition) is 4. The molecule has 120 valence electrons. The molecule has 1 fully saturated rings. The average molecular weight is 325 g/mol. The SMILES string of the molecule is Cc1cc(CCN2CCOCC2)c(C)c2c1NC(=O)C2=O.Cl. The number of rotatable bonds is 3. The molecule has 0 saturated carbocycles. The van der Waals surface area contributed by atoms with Crippen LogP contribution in [0.4, 0.5) is 5.69 Å². The first-order valence-corrected chi connectivity index (χ1v) is 7.37. The van der Waals surface area contributed by atoms with Crippen LogP contribution in [0.5, 0.6) is 0 Å². The highest BCUT2D eigenvalue weighted by Gasteiger charge is 2.32. The van der Waals surface area contributed by atoms with Crippen LogP contribution in [-0.4, -0.2) is 49.4 Å². The molecule has 22 heavy (non-hydrogen) atoms. The van der Waals surface area contributed by atoms with E-state index < -0.39 is 11.7 Å². The number of amides is 1. The molecular formula is C16H21ClN2O3. The number of hydrogen-bond donors (Lipinski definition) is 1. The first kappa shape index (κ1) is 16.9. The van der Waals surface area contributed by atoms with Gasteiger partial charge in [0.15, 0.2) is 0 Å². The van der Waals surface area contributed by atoms with Crippen LogP contribution in [0.2, 0.25) is 0 Å². The second kappa shape index (κ2) is 6.77. The molecule has 2 aliphatic heterocycles. The predicted octanol–water partition coefficient (Wildman–Crippen LogP) is 1.73. The Balaban J connectivity index is 0.00000176. The van der Waals surface area contributed by atoms with Gasteiger partial charge in [-0.05, 0) is 37.0 Å². The van der Waals surface area contributed by atoms with Crippen LogP contribution in [0.3, 0.4) is 0 Å². The van der Waals surface area contributed by atoms with Gasteiger partial charge in [-0.15, -0.1) is 12.4 Å². The smallest absolute Gasteiger partial charge is 0.296 e. The molecule has 0 aromatic heterocycles. The van der Waals surface area contributed by atoms with E-state index in [0.717, 1.165) is 56.0 Å². The number of benzene rings is 1. The van der Waals surface area contributed by atoms with Crippen LogP contribution in [0.15, 0.2) is 6.07 Å². The second-order valence-corrected chi connectivity index (χ2v) is 5.71. The van der Waals surface area contributed by atoms with Crippen LogP contribution in [0, 0.1) is 13.8 Å². The van der Waals surface area contributed by atoms with Crippen LogP contribution >= 0.6 is 12.4 Å². The molecule has 0 bridgehead atoms. The van der Waals surface area contributed by atoms with Gasteiger partial charge in [0.05, 0.1) is 24.5 Å². The van der Waals surface area contributed by atoms with Gasteiger partial charge < -0.3 is 10.1 Å². The van der Waals surface area contributed by atoms with Gasteiger partial charge in [0, 0.05) is 19.6 Å². The van der Waals surface area contributed by atoms with Crippen molar-refractivity contribution < 1.29 is 14.3 Å². The number of Topliss-reactive ketones (excluding diaryl/α,β-unsaturated/α-hetero) is 1. The summed E-state index contributed by atoms with van der Waals surface area (Å²) in [6, 6.07) is 2.09. The maximum absolute atomic E-state index is 12.0. The van der Waals surface area contributed by atoms with Crippen molar-refractivity contribution in [2.45, 2.75) is 20.3 Å². The zero-order valence-electron chi connectivity index (χ0n) is 12.9. The summed E-state index contributed by atoms with van der Waals surface area (Å²) in [5, 5.41) is 2.67. The van der Waals surface area contributed by atoms with Crippen LogP contribution in [-0.2, 0) is 16.0 Å². The van der Waals surface area contributed by atoms with E-state index in [2.05, 4.69) is 16.3 Å². The number of fused-ring (bicyclic) bond motifs is 1. The number of ether oxygens (including phenoxy) is 1. The first-order valence-electron chi connectivity index (χ1n) is 7.37. The van der Waals surface area contributed by atoms with Gasteiger partial charge in [-0.25, -0.2) is 0 Å². The van der Waals surface area contributed by atoms with E-state index in [1.54, 1.807) is 0 Å². The van der Waals surface area contributed by atoms with Crippen molar-refractivity contribution in [2.75, 3.05) is 38.2 Å². The minimum Gasteiger partial charge on any atom is -0.379 e. The van der Waals surface area contributed by atoms with Crippen LogP contribution < -0.4 is 5.32 Å². The lowest BCUT2D eigenvalue weighted by atomic mass is 9.94. The number of halogens is 1. The molecule has 0 atom stereocenters. The van der Waals surface area contributed by atoms with E-state index in [4.69, 9.17) is 4.74 Å². The standard InChI is InChI=1S/C16H20N2O3.ClH/c1-10-9-12(3-4-18-5-7-21-8-6-18)11(2)13-14(10)17-16(20)15(13)19;/h9H,3-8H2,1-2H3,(H,17,19,20);1H. The third kappa shape index (κ3) is 3.02. The molecule has 1 amide bonds. The molecule has 1 saturated heterocycles. The van der Waals surface area contributed by atoms with Crippen molar-refractivity contribution in [1.29, 1.82) is 0 Å². The van der Waals surface area contributed by atoms with Crippen molar-refractivity contribution >= 4 is 29.8 Å². The van der Waals surface area contributed by atoms with Gasteiger partial charge >= 0.3 is 0 Å². The summed E-state index contributed by atoms with van der Waals surface area (Å²) >= 11 is 0. The van der Waals surface area contributed by atoms with Crippen molar-refractivity contribution in [3.8, 4) is 0 Å². The first-order chi connectivity index (χ1) is 10.1. The van der Waals surface area contributed by atoms with Gasteiger partial charge in [-0.2, -0.15) is 0 Å². The minimum absolute atomic E-state index is 0. The van der Waals surface area contributed by atoms with Gasteiger partial charge in [0.2, 0.25) is 0 Å². The molecule has 0 unspecified atom stereocenters. The Morgan fingerprint density at radius 2 is 1.91 bits per heavy atom. The van der Waals surface area contributed by atoms with Crippen molar-refractivity contribution in [3.05, 3.63) is 28.3 Å². The second-order valence-electron chi connectivity index (χ2n) is 5.71. The Bertz CT molecular complexity index is 610. The number of ketones is 1. The van der Waals surface area contributed by atoms with Gasteiger partial charge in [0.25, 0.3) is 11.7 Å². The van der Waals surface area contributed by atoms with Gasteiger partial charge in [-0.3, -0.25) is 14.5 Å². The third-order valence-electron chi connectivity index (χ3n) is 4.36. The summed E-state index contributed by atoms with van der Waals surface area (Å²) in [6.45, 7) is 8.33. The molecule has 5 nitrogen and oxygen atoms in total. The fourth-order valence-corrected chi connectivity index (χ4v) is 3.08. The summed E-state index contributed by atoms with van der Waals surface area (Å²) in [5.41, 5.74) is 4.32. The van der Waals surface area contributed by atoms with E-state index >= 15 is 0 Å². The lowest BCUT2D eigenvalue weighted by Crippen LogP contribution is -2.37. The fourth-order valence-electron chi connectivity index (χ4n) is 3.08. The zero-order chi connectivity index (χ0) is 15.0. The Morgan fingerprint density at radius 1 is 1.23 bits per heavy atom. The molecule has 2 heterocycles. The van der Waals surface area contributed by atoms with E-state index in [-0.39, 0.29) is 12.4 Å². The highest BCUT2D eigenvalue weighted by atomic mass is 35.5. The number of carbonyl (C=O) groups is 2. The number of carbonyl (C=O) groups excluding carboxylic acids is 2. The monoisotopic (exact) mass is 324 g/mol. The summed E-state index contributed by atoms with van der Waals surface area (Å²) in [4.78, 5) is 25.9. The molecular weight excluding hydrogens is 304 g/mol. The van der Waals surface area contributed by atoms with E-state index in [0.29, 0.717) is 11.3 Å². The summed E-state index contributed by atoms with van der Waals surface area (Å²) in [5.74, 6) is -0.916. The quantitative estimate of drug-likeness (QED) is 0.860. The molecule has 3 rings (SSSR count). The van der Waals surface area contributed by atoms with Crippen molar-refractivity contribution in [1.82, 2.24) is 4.90 Å². The van der Waals surface area contributed by atoms with Crippen LogP contribution in [0.1, 0.15) is 27.0 Å². The maximum Gasteiger partial charge on any atom is 0.296 e. The molecule has 0 aliphatic carbocycles. The minimum atomic E-state index is -0.512. The molecule has 1 aromatic carbocycles. The normalized spacial score (nSPS) is 17.9. The maximum atomic E-state index is 12.0.